The standard InChI is InChI=1S/C6H7BIO4P/c1-3(13(7)8)4(6(11)12)2-5(9)10/h4H,1-2H2,(H,9,10)(H,11,12). The van der Waals surface area contributed by atoms with Crippen LogP contribution in [0.2, 0.25) is 0 Å². The molecule has 2 N–H and O–H groups in total. The molecule has 13 heavy (non-hydrogen) atoms. The number of rotatable bonds is 5. The molecule has 2 unspecified atom stereocenters. The molecule has 0 rings (SSSR count). The summed E-state index contributed by atoms with van der Waals surface area (Å²) in [5.74, 6) is -3.44. The summed E-state index contributed by atoms with van der Waals surface area (Å²) in [5.41, 5.74) is -1.13. The van der Waals surface area contributed by atoms with Crippen molar-refractivity contribution in [2.24, 2.45) is 5.92 Å². The van der Waals surface area contributed by atoms with Gasteiger partial charge in [-0.3, -0.25) is 9.59 Å². The fourth-order valence-electron chi connectivity index (χ4n) is 0.671. The molecule has 2 atom stereocenters. The summed E-state index contributed by atoms with van der Waals surface area (Å²) in [4.78, 5) is 20.9. The Hall–Kier alpha value is -0.0951. The summed E-state index contributed by atoms with van der Waals surface area (Å²) in [6.45, 7) is 3.48. The Kier molecular flexibility index (Phi) is 5.56. The number of carbonyl (C=O) groups is 2. The third kappa shape index (κ3) is 4.62. The number of aliphatic carboxylic acids is 2. The van der Waals surface area contributed by atoms with Crippen molar-refractivity contribution in [2.75, 3.05) is 0 Å². The van der Waals surface area contributed by atoms with Crippen molar-refractivity contribution in [3.05, 3.63) is 11.9 Å². The lowest BCUT2D eigenvalue weighted by Crippen LogP contribution is -2.18. The minimum absolute atomic E-state index is 0.283. The molecule has 0 aliphatic rings. The molecule has 0 bridgehead atoms. The van der Waals surface area contributed by atoms with Crippen LogP contribution in [0.3, 0.4) is 0 Å². The van der Waals surface area contributed by atoms with E-state index in [1.54, 1.807) is 0 Å². The van der Waals surface area contributed by atoms with E-state index in [0.29, 0.717) is 0 Å². The van der Waals surface area contributed by atoms with E-state index in [2.05, 4.69) is 6.58 Å². The molecule has 0 aromatic rings. The molecule has 0 saturated carbocycles. The van der Waals surface area contributed by atoms with Crippen LogP contribution < -0.4 is 0 Å². The Morgan fingerprint density at radius 2 is 2.00 bits per heavy atom. The van der Waals surface area contributed by atoms with Crippen LogP contribution in [0.5, 0.6) is 0 Å². The van der Waals surface area contributed by atoms with Gasteiger partial charge in [-0.2, -0.15) is 0 Å². The Bertz CT molecular complexity index is 243. The van der Waals surface area contributed by atoms with E-state index >= 15 is 0 Å². The van der Waals surface area contributed by atoms with Crippen molar-refractivity contribution in [3.8, 4) is 0 Å². The highest BCUT2D eigenvalue weighted by Gasteiger charge is 2.25. The van der Waals surface area contributed by atoms with Gasteiger partial charge in [-0.05, 0) is 5.31 Å². The largest absolute Gasteiger partial charge is 0.481 e. The monoisotopic (exact) mass is 312 g/mol. The molecule has 0 saturated heterocycles. The molecule has 0 spiro atoms. The molecule has 7 heteroatoms. The van der Waals surface area contributed by atoms with E-state index in [-0.39, 0.29) is 5.31 Å². The quantitative estimate of drug-likeness (QED) is 0.459. The summed E-state index contributed by atoms with van der Waals surface area (Å²) >= 11 is 1.85. The number of hydrogen-bond acceptors (Lipinski definition) is 2. The molecule has 2 radical (unpaired) electrons. The molecule has 4 nitrogen and oxygen atoms in total. The van der Waals surface area contributed by atoms with E-state index in [1.807, 2.05) is 22.0 Å². The van der Waals surface area contributed by atoms with Crippen molar-refractivity contribution in [2.45, 2.75) is 6.42 Å². The van der Waals surface area contributed by atoms with Gasteiger partial charge in [-0.25, -0.2) is 0 Å². The predicted molar refractivity (Wildman–Crippen MR) is 59.2 cm³/mol. The smallest absolute Gasteiger partial charge is 0.311 e. The molecular formula is C6H7BIO4P. The summed E-state index contributed by atoms with van der Waals surface area (Å²) in [7, 11) is 5.45. The van der Waals surface area contributed by atoms with E-state index in [1.165, 1.54) is 0 Å². The maximum atomic E-state index is 10.6. The molecular weight excluding hydrogens is 305 g/mol. The van der Waals surface area contributed by atoms with E-state index in [9.17, 15) is 9.59 Å². The van der Waals surface area contributed by atoms with E-state index < -0.39 is 29.7 Å². The lowest BCUT2D eigenvalue weighted by atomic mass is 10.1. The van der Waals surface area contributed by atoms with Crippen molar-refractivity contribution in [3.63, 3.8) is 0 Å². The van der Waals surface area contributed by atoms with Gasteiger partial charge in [-0.15, -0.1) is 0 Å². The summed E-state index contributed by atoms with van der Waals surface area (Å²) in [6, 6.07) is 0. The first-order valence-corrected chi connectivity index (χ1v) is 7.40. The summed E-state index contributed by atoms with van der Waals surface area (Å²) in [6.07, 6.45) is -0.465. The molecule has 0 fully saturated rings. The van der Waals surface area contributed by atoms with Gasteiger partial charge in [0.1, 0.15) is 7.57 Å². The second-order valence-electron chi connectivity index (χ2n) is 2.29. The van der Waals surface area contributed by atoms with Crippen molar-refractivity contribution in [1.29, 1.82) is 0 Å². The molecule has 0 aromatic carbocycles. The average Bonchev–Trinajstić information content (AvgIpc) is 1.97. The van der Waals surface area contributed by atoms with Crippen LogP contribution in [-0.2, 0) is 9.59 Å². The fraction of sp³-hybridized carbons (Fsp3) is 0.333. The van der Waals surface area contributed by atoms with Crippen LogP contribution >= 0.6 is 27.5 Å². The van der Waals surface area contributed by atoms with Gasteiger partial charge in [0, 0.05) is 0 Å². The van der Waals surface area contributed by atoms with Crippen LogP contribution in [0.1, 0.15) is 6.42 Å². The maximum absolute atomic E-state index is 10.6. The Morgan fingerprint density at radius 3 is 2.23 bits per heavy atom. The number of hydrogen-bond donors (Lipinski definition) is 2. The minimum atomic E-state index is -1.19. The van der Waals surface area contributed by atoms with Gasteiger partial charge < -0.3 is 10.2 Å². The fourth-order valence-corrected chi connectivity index (χ4v) is 2.18. The third-order valence-electron chi connectivity index (χ3n) is 1.35. The van der Waals surface area contributed by atoms with Crippen LogP contribution in [-0.4, -0.2) is 29.7 Å². The highest BCUT2D eigenvalue weighted by Crippen LogP contribution is 2.51. The van der Waals surface area contributed by atoms with Gasteiger partial charge in [0.25, 0.3) is 0 Å². The molecule has 0 aliphatic carbocycles. The van der Waals surface area contributed by atoms with Gasteiger partial charge in [0.15, 0.2) is 0 Å². The van der Waals surface area contributed by atoms with E-state index in [4.69, 9.17) is 17.8 Å². The lowest BCUT2D eigenvalue weighted by molar-refractivity contribution is -0.146. The highest BCUT2D eigenvalue weighted by atomic mass is 127. The topological polar surface area (TPSA) is 74.6 Å². The van der Waals surface area contributed by atoms with Crippen LogP contribution in [0.4, 0.5) is 0 Å². The maximum Gasteiger partial charge on any atom is 0.311 e. The minimum Gasteiger partial charge on any atom is -0.481 e. The molecule has 70 valence electrons. The normalized spacial score (nSPS) is 14.5. The third-order valence-corrected chi connectivity index (χ3v) is 4.07. The molecule has 0 aromatic heterocycles. The summed E-state index contributed by atoms with van der Waals surface area (Å²) in [5, 5.41) is 17.4. The zero-order valence-electron chi connectivity index (χ0n) is 6.61. The molecule has 0 amide bonds. The van der Waals surface area contributed by atoms with Gasteiger partial charge in [0.2, 0.25) is 0 Å². The van der Waals surface area contributed by atoms with Gasteiger partial charge >= 0.3 is 11.9 Å². The van der Waals surface area contributed by atoms with Gasteiger partial charge in [0.05, 0.1) is 12.3 Å². The first-order chi connectivity index (χ1) is 5.86. The first kappa shape index (κ1) is 12.9. The van der Waals surface area contributed by atoms with Crippen molar-refractivity contribution >= 4 is 47.0 Å². The molecule has 0 heterocycles. The second kappa shape index (κ2) is 5.60. The van der Waals surface area contributed by atoms with Crippen LogP contribution in [0, 0.1) is 5.92 Å². The summed E-state index contributed by atoms with van der Waals surface area (Å²) < 4.78 is 0. The van der Waals surface area contributed by atoms with Gasteiger partial charge in [-0.1, -0.05) is 34.1 Å². The predicted octanol–water partition coefficient (Wildman–Crippen LogP) is 1.59. The van der Waals surface area contributed by atoms with Crippen molar-refractivity contribution in [1.82, 2.24) is 0 Å². The van der Waals surface area contributed by atoms with Crippen molar-refractivity contribution < 1.29 is 19.8 Å². The SMILES string of the molecule is [B]P(I)C(=C)C(CC(=O)O)C(=O)O. The number of carboxylic acids is 2. The Balaban J connectivity index is 4.52. The zero-order chi connectivity index (χ0) is 10.6. The number of halogens is 1. The van der Waals surface area contributed by atoms with E-state index in [0.717, 1.165) is 0 Å². The lowest BCUT2D eigenvalue weighted by Gasteiger charge is -2.15. The Labute approximate surface area is 91.0 Å². The first-order valence-electron chi connectivity index (χ1n) is 3.20. The van der Waals surface area contributed by atoms with Crippen LogP contribution in [0.25, 0.3) is 0 Å². The second-order valence-corrected chi connectivity index (χ2v) is 6.61. The number of carboxylic acid groups (broad SMARTS) is 2. The Morgan fingerprint density at radius 1 is 1.54 bits per heavy atom. The molecule has 0 aliphatic heterocycles. The highest BCUT2D eigenvalue weighted by molar-refractivity contribution is 14.2. The van der Waals surface area contributed by atoms with Crippen LogP contribution in [0.15, 0.2) is 11.9 Å². The average molecular weight is 312 g/mol. The zero-order valence-corrected chi connectivity index (χ0v) is 9.66.